The number of hydrogen-bond acceptors (Lipinski definition) is 1. The molecule has 2 nitrogen and oxygen atoms in total. The van der Waals surface area contributed by atoms with E-state index in [2.05, 4.69) is 24.4 Å². The van der Waals surface area contributed by atoms with Gasteiger partial charge in [0.25, 0.3) is 5.91 Å². The zero-order valence-electron chi connectivity index (χ0n) is 16.4. The van der Waals surface area contributed by atoms with E-state index in [0.717, 1.165) is 23.9 Å². The Morgan fingerprint density at radius 1 is 0.731 bits per heavy atom. The van der Waals surface area contributed by atoms with Crippen molar-refractivity contribution in [2.75, 3.05) is 6.54 Å². The van der Waals surface area contributed by atoms with Crippen LogP contribution in [0.3, 0.4) is 0 Å². The van der Waals surface area contributed by atoms with Crippen LogP contribution in [0.1, 0.15) is 87.9 Å². The van der Waals surface area contributed by atoms with Gasteiger partial charge < -0.3 is 5.32 Å². The van der Waals surface area contributed by atoms with Crippen molar-refractivity contribution in [2.45, 2.75) is 77.6 Å². The quantitative estimate of drug-likeness (QED) is 0.391. The van der Waals surface area contributed by atoms with Crippen LogP contribution in [-0.4, -0.2) is 12.5 Å². The van der Waals surface area contributed by atoms with Gasteiger partial charge in [-0.05, 0) is 29.3 Å². The fourth-order valence-electron chi connectivity index (χ4n) is 3.42. The van der Waals surface area contributed by atoms with Crippen molar-refractivity contribution in [3.8, 4) is 0 Å². The van der Waals surface area contributed by atoms with Crippen LogP contribution < -0.4 is 5.32 Å². The largest absolute Gasteiger partial charge is 0.352 e. The van der Waals surface area contributed by atoms with E-state index in [0.29, 0.717) is 0 Å². The molecule has 2 aromatic rings. The molecule has 0 aliphatic heterocycles. The van der Waals surface area contributed by atoms with E-state index >= 15 is 0 Å². The van der Waals surface area contributed by atoms with Gasteiger partial charge in [0.05, 0.1) is 0 Å². The van der Waals surface area contributed by atoms with Crippen molar-refractivity contribution in [1.82, 2.24) is 5.32 Å². The van der Waals surface area contributed by atoms with Gasteiger partial charge in [0.15, 0.2) is 0 Å². The second-order valence-electron chi connectivity index (χ2n) is 7.35. The van der Waals surface area contributed by atoms with Gasteiger partial charge in [-0.1, -0.05) is 101 Å². The van der Waals surface area contributed by atoms with Gasteiger partial charge >= 0.3 is 0 Å². The summed E-state index contributed by atoms with van der Waals surface area (Å²) in [5.74, 6) is 0.0443. The lowest BCUT2D eigenvalue weighted by Crippen LogP contribution is -2.24. The number of benzene rings is 2. The molecule has 0 saturated carbocycles. The Morgan fingerprint density at radius 3 is 1.96 bits per heavy atom. The molecule has 2 aromatic carbocycles. The summed E-state index contributed by atoms with van der Waals surface area (Å²) >= 11 is 0. The van der Waals surface area contributed by atoms with Crippen LogP contribution in [0.15, 0.2) is 42.5 Å². The number of unbranched alkanes of at least 4 members (excludes halogenated alkanes) is 10. The van der Waals surface area contributed by atoms with Crippen LogP contribution in [0, 0.1) is 0 Å². The van der Waals surface area contributed by atoms with Gasteiger partial charge in [0.2, 0.25) is 0 Å². The fraction of sp³-hybridized carbons (Fsp3) is 0.542. The molecule has 1 amide bonds. The molecule has 0 atom stereocenters. The number of carbonyl (C=O) groups excluding carboxylic acids is 1. The second-order valence-corrected chi connectivity index (χ2v) is 7.35. The summed E-state index contributed by atoms with van der Waals surface area (Å²) < 4.78 is 0. The van der Waals surface area contributed by atoms with Gasteiger partial charge in [-0.2, -0.15) is 0 Å². The number of hydrogen-bond donors (Lipinski definition) is 1. The summed E-state index contributed by atoms with van der Waals surface area (Å²) in [6.07, 6.45) is 14.6. The summed E-state index contributed by atoms with van der Waals surface area (Å²) in [5, 5.41) is 5.35. The number of fused-ring (bicyclic) bond motifs is 1. The molecule has 0 heterocycles. The number of carbonyl (C=O) groups is 1. The maximum absolute atomic E-state index is 12.3. The zero-order valence-corrected chi connectivity index (χ0v) is 16.4. The van der Waals surface area contributed by atoms with Crippen LogP contribution in [0.5, 0.6) is 0 Å². The first-order valence-electron chi connectivity index (χ1n) is 10.6. The van der Waals surface area contributed by atoms with E-state index in [1.807, 2.05) is 30.3 Å². The molecule has 0 aromatic heterocycles. The monoisotopic (exact) mass is 353 g/mol. The van der Waals surface area contributed by atoms with Crippen LogP contribution in [0.25, 0.3) is 10.8 Å². The van der Waals surface area contributed by atoms with E-state index < -0.39 is 0 Å². The first-order chi connectivity index (χ1) is 12.8. The third-order valence-corrected chi connectivity index (χ3v) is 5.08. The lowest BCUT2D eigenvalue weighted by molar-refractivity contribution is 0.0953. The highest BCUT2D eigenvalue weighted by molar-refractivity contribution is 5.98. The molecular formula is C24H35NO. The first kappa shape index (κ1) is 20.5. The van der Waals surface area contributed by atoms with E-state index in [4.69, 9.17) is 0 Å². The molecule has 2 rings (SSSR count). The first-order valence-corrected chi connectivity index (χ1v) is 10.6. The molecule has 2 heteroatoms. The van der Waals surface area contributed by atoms with Gasteiger partial charge in [-0.15, -0.1) is 0 Å². The van der Waals surface area contributed by atoms with Crippen LogP contribution in [0.2, 0.25) is 0 Å². The minimum Gasteiger partial charge on any atom is -0.352 e. The Hall–Kier alpha value is -1.83. The van der Waals surface area contributed by atoms with Crippen molar-refractivity contribution in [2.24, 2.45) is 0 Å². The topological polar surface area (TPSA) is 29.1 Å². The highest BCUT2D eigenvalue weighted by atomic mass is 16.1. The lowest BCUT2D eigenvalue weighted by Gasteiger charge is -2.07. The molecule has 0 radical (unpaired) electrons. The van der Waals surface area contributed by atoms with Gasteiger partial charge in [-0.3, -0.25) is 4.79 Å². The van der Waals surface area contributed by atoms with Crippen LogP contribution in [-0.2, 0) is 0 Å². The molecule has 0 aliphatic carbocycles. The Morgan fingerprint density at radius 2 is 1.31 bits per heavy atom. The van der Waals surface area contributed by atoms with Crippen molar-refractivity contribution < 1.29 is 4.79 Å². The third kappa shape index (κ3) is 7.59. The number of amides is 1. The second kappa shape index (κ2) is 12.5. The van der Waals surface area contributed by atoms with Crippen molar-refractivity contribution in [3.63, 3.8) is 0 Å². The summed E-state index contributed by atoms with van der Waals surface area (Å²) in [4.78, 5) is 12.3. The predicted molar refractivity (Wildman–Crippen MR) is 113 cm³/mol. The van der Waals surface area contributed by atoms with Crippen molar-refractivity contribution >= 4 is 16.7 Å². The molecule has 0 aliphatic rings. The zero-order chi connectivity index (χ0) is 18.5. The molecule has 0 bridgehead atoms. The van der Waals surface area contributed by atoms with E-state index in [9.17, 15) is 4.79 Å². The van der Waals surface area contributed by atoms with Gasteiger partial charge in [0.1, 0.15) is 0 Å². The molecule has 1 N–H and O–H groups in total. The summed E-state index contributed by atoms with van der Waals surface area (Å²) in [6, 6.07) is 14.1. The smallest absolute Gasteiger partial charge is 0.251 e. The average Bonchev–Trinajstić information content (AvgIpc) is 2.68. The maximum atomic E-state index is 12.3. The van der Waals surface area contributed by atoms with E-state index in [1.54, 1.807) is 0 Å². The minimum atomic E-state index is 0.0443. The standard InChI is InChI=1S/C24H35NO/c1-2-3-4-5-6-7-8-9-10-11-14-19-25-24(26)23-18-17-21-15-12-13-16-22(21)20-23/h12-13,15-18,20H,2-11,14,19H2,1H3,(H,25,26). The van der Waals surface area contributed by atoms with Gasteiger partial charge in [0, 0.05) is 12.1 Å². The predicted octanol–water partition coefficient (Wildman–Crippen LogP) is 6.88. The van der Waals surface area contributed by atoms with Gasteiger partial charge in [-0.25, -0.2) is 0 Å². The van der Waals surface area contributed by atoms with Crippen molar-refractivity contribution in [1.29, 1.82) is 0 Å². The molecule has 26 heavy (non-hydrogen) atoms. The molecule has 142 valence electrons. The summed E-state index contributed by atoms with van der Waals surface area (Å²) in [6.45, 7) is 3.05. The molecule has 0 fully saturated rings. The molecule has 0 saturated heterocycles. The highest BCUT2D eigenvalue weighted by Gasteiger charge is 2.05. The molecular weight excluding hydrogens is 318 g/mol. The summed E-state index contributed by atoms with van der Waals surface area (Å²) in [7, 11) is 0. The SMILES string of the molecule is CCCCCCCCCCCCCNC(=O)c1ccc2ccccc2c1. The fourth-order valence-corrected chi connectivity index (χ4v) is 3.42. The van der Waals surface area contributed by atoms with Crippen LogP contribution >= 0.6 is 0 Å². The molecule has 0 spiro atoms. The number of nitrogens with one attached hydrogen (secondary N) is 1. The Labute approximate surface area is 159 Å². The molecule has 0 unspecified atom stereocenters. The Bertz CT molecular complexity index is 649. The van der Waals surface area contributed by atoms with Crippen LogP contribution in [0.4, 0.5) is 0 Å². The lowest BCUT2D eigenvalue weighted by atomic mass is 10.1. The Balaban J connectivity index is 1.51. The number of rotatable bonds is 13. The van der Waals surface area contributed by atoms with E-state index in [1.165, 1.54) is 69.6 Å². The van der Waals surface area contributed by atoms with Crippen molar-refractivity contribution in [3.05, 3.63) is 48.0 Å². The average molecular weight is 354 g/mol. The Kier molecular flexibility index (Phi) is 9.86. The normalized spacial score (nSPS) is 11.0. The maximum Gasteiger partial charge on any atom is 0.251 e. The highest BCUT2D eigenvalue weighted by Crippen LogP contribution is 2.15. The minimum absolute atomic E-state index is 0.0443. The third-order valence-electron chi connectivity index (χ3n) is 5.08. The summed E-state index contributed by atoms with van der Waals surface area (Å²) in [5.41, 5.74) is 0.756. The van der Waals surface area contributed by atoms with E-state index in [-0.39, 0.29) is 5.91 Å².